The first-order valence-corrected chi connectivity index (χ1v) is 5.35. The second-order valence-corrected chi connectivity index (χ2v) is 3.60. The number of hydrogen-bond donors (Lipinski definition) is 1. The van der Waals surface area contributed by atoms with Crippen LogP contribution >= 0.6 is 0 Å². The molecule has 100 valence electrons. The lowest BCUT2D eigenvalue weighted by atomic mass is 10.2. The van der Waals surface area contributed by atoms with E-state index < -0.39 is 15.5 Å². The van der Waals surface area contributed by atoms with Crippen LogP contribution in [0.3, 0.4) is 0 Å². The lowest BCUT2D eigenvalue weighted by Crippen LogP contribution is -1.98. The SMILES string of the molecule is C=C(C=NNc1ccc([N+](=O)[O-])cc1[N+](=O)[O-])CC. The first-order valence-electron chi connectivity index (χ1n) is 5.35. The fraction of sp³-hybridized carbons (Fsp3) is 0.182. The number of anilines is 1. The topological polar surface area (TPSA) is 111 Å². The molecular formula is C11H12N4O4. The van der Waals surface area contributed by atoms with E-state index in [0.29, 0.717) is 6.42 Å². The van der Waals surface area contributed by atoms with Crippen molar-refractivity contribution >= 4 is 23.3 Å². The zero-order valence-corrected chi connectivity index (χ0v) is 10.2. The van der Waals surface area contributed by atoms with Crippen molar-refractivity contribution in [3.63, 3.8) is 0 Å². The minimum atomic E-state index is -0.709. The number of rotatable bonds is 6. The predicted octanol–water partition coefficient (Wildman–Crippen LogP) is 2.87. The Labute approximate surface area is 108 Å². The van der Waals surface area contributed by atoms with Crippen LogP contribution < -0.4 is 5.43 Å². The number of nitro groups is 2. The molecule has 0 heterocycles. The molecule has 0 fully saturated rings. The molecule has 0 spiro atoms. The molecule has 8 nitrogen and oxygen atoms in total. The molecule has 0 aromatic heterocycles. The van der Waals surface area contributed by atoms with E-state index in [1.165, 1.54) is 18.3 Å². The lowest BCUT2D eigenvalue weighted by Gasteiger charge is -2.01. The van der Waals surface area contributed by atoms with Gasteiger partial charge in [-0.3, -0.25) is 25.7 Å². The molecule has 0 atom stereocenters. The van der Waals surface area contributed by atoms with Crippen molar-refractivity contribution in [2.24, 2.45) is 5.10 Å². The van der Waals surface area contributed by atoms with Crippen LogP contribution in [0.15, 0.2) is 35.5 Å². The Morgan fingerprint density at radius 1 is 1.42 bits per heavy atom. The highest BCUT2D eigenvalue weighted by molar-refractivity contribution is 5.78. The second-order valence-electron chi connectivity index (χ2n) is 3.60. The molecule has 0 unspecified atom stereocenters. The third-order valence-electron chi connectivity index (χ3n) is 2.28. The summed E-state index contributed by atoms with van der Waals surface area (Å²) in [5.74, 6) is 0. The van der Waals surface area contributed by atoms with Gasteiger partial charge >= 0.3 is 5.69 Å². The van der Waals surface area contributed by atoms with E-state index in [9.17, 15) is 20.2 Å². The number of hydrogen-bond acceptors (Lipinski definition) is 6. The number of benzene rings is 1. The zero-order chi connectivity index (χ0) is 14.4. The number of nitrogens with zero attached hydrogens (tertiary/aromatic N) is 3. The minimum Gasteiger partial charge on any atom is -0.272 e. The summed E-state index contributed by atoms with van der Waals surface area (Å²) in [5.41, 5.74) is 2.54. The van der Waals surface area contributed by atoms with Gasteiger partial charge in [-0.15, -0.1) is 0 Å². The van der Waals surface area contributed by atoms with Gasteiger partial charge in [0.05, 0.1) is 15.9 Å². The first-order chi connectivity index (χ1) is 8.95. The van der Waals surface area contributed by atoms with Gasteiger partial charge < -0.3 is 0 Å². The molecule has 0 aliphatic rings. The maximum absolute atomic E-state index is 10.8. The Morgan fingerprint density at radius 2 is 2.11 bits per heavy atom. The summed E-state index contributed by atoms with van der Waals surface area (Å²) in [6.07, 6.45) is 2.14. The molecule has 0 bridgehead atoms. The normalized spacial score (nSPS) is 10.4. The van der Waals surface area contributed by atoms with E-state index in [0.717, 1.165) is 11.6 Å². The van der Waals surface area contributed by atoms with Gasteiger partial charge in [0.25, 0.3) is 5.69 Å². The summed E-state index contributed by atoms with van der Waals surface area (Å²) in [7, 11) is 0. The summed E-state index contributed by atoms with van der Waals surface area (Å²) in [6, 6.07) is 3.29. The lowest BCUT2D eigenvalue weighted by molar-refractivity contribution is -0.393. The van der Waals surface area contributed by atoms with Gasteiger partial charge in [0.2, 0.25) is 0 Å². The standard InChI is InChI=1S/C11H12N4O4/c1-3-8(2)7-12-13-10-5-4-9(14(16)17)6-11(10)15(18)19/h4-7,13H,2-3H2,1H3. The number of nitrogens with one attached hydrogen (secondary N) is 1. The Hall–Kier alpha value is -2.77. The molecule has 1 aromatic carbocycles. The molecule has 0 amide bonds. The van der Waals surface area contributed by atoms with Crippen LogP contribution in [0.2, 0.25) is 0 Å². The minimum absolute atomic E-state index is 0.0794. The highest BCUT2D eigenvalue weighted by atomic mass is 16.6. The number of allylic oxidation sites excluding steroid dienone is 1. The van der Waals surface area contributed by atoms with E-state index in [1.807, 2.05) is 6.92 Å². The van der Waals surface area contributed by atoms with Gasteiger partial charge in [-0.25, -0.2) is 0 Å². The van der Waals surface area contributed by atoms with E-state index >= 15 is 0 Å². The average molecular weight is 264 g/mol. The van der Waals surface area contributed by atoms with Crippen LogP contribution in [0.5, 0.6) is 0 Å². The molecule has 19 heavy (non-hydrogen) atoms. The molecule has 1 rings (SSSR count). The Balaban J connectivity index is 3.01. The van der Waals surface area contributed by atoms with Crippen LogP contribution in [-0.4, -0.2) is 16.1 Å². The van der Waals surface area contributed by atoms with Gasteiger partial charge in [-0.05, 0) is 18.1 Å². The summed E-state index contributed by atoms with van der Waals surface area (Å²) in [4.78, 5) is 20.0. The van der Waals surface area contributed by atoms with Crippen molar-refractivity contribution in [2.75, 3.05) is 5.43 Å². The molecule has 0 aliphatic heterocycles. The molecule has 0 aliphatic carbocycles. The monoisotopic (exact) mass is 264 g/mol. The van der Waals surface area contributed by atoms with Crippen LogP contribution in [-0.2, 0) is 0 Å². The van der Waals surface area contributed by atoms with Crippen molar-refractivity contribution in [3.05, 3.63) is 50.6 Å². The van der Waals surface area contributed by atoms with E-state index in [1.54, 1.807) is 0 Å². The number of nitro benzene ring substituents is 2. The van der Waals surface area contributed by atoms with Gasteiger partial charge in [-0.1, -0.05) is 13.5 Å². The quantitative estimate of drug-likeness (QED) is 0.482. The maximum Gasteiger partial charge on any atom is 0.301 e. The smallest absolute Gasteiger partial charge is 0.272 e. The summed E-state index contributed by atoms with van der Waals surface area (Å²) in [5, 5.41) is 25.2. The highest BCUT2D eigenvalue weighted by Crippen LogP contribution is 2.28. The second kappa shape index (κ2) is 6.24. The van der Waals surface area contributed by atoms with Crippen molar-refractivity contribution in [1.29, 1.82) is 0 Å². The van der Waals surface area contributed by atoms with Crippen LogP contribution in [0.25, 0.3) is 0 Å². The molecule has 1 aromatic rings. The third kappa shape index (κ3) is 3.87. The highest BCUT2D eigenvalue weighted by Gasteiger charge is 2.18. The van der Waals surface area contributed by atoms with E-state index in [2.05, 4.69) is 17.1 Å². The Morgan fingerprint density at radius 3 is 2.63 bits per heavy atom. The Kier molecular flexibility index (Phi) is 4.69. The number of non-ortho nitro benzene ring substituents is 1. The fourth-order valence-electron chi connectivity index (χ4n) is 1.16. The average Bonchev–Trinajstić information content (AvgIpc) is 2.38. The van der Waals surface area contributed by atoms with Gasteiger partial charge in [0.1, 0.15) is 5.69 Å². The molecule has 0 saturated heterocycles. The summed E-state index contributed by atoms with van der Waals surface area (Å²) >= 11 is 0. The maximum atomic E-state index is 10.8. The summed E-state index contributed by atoms with van der Waals surface area (Å²) < 4.78 is 0. The largest absolute Gasteiger partial charge is 0.301 e. The molecule has 0 saturated carbocycles. The van der Waals surface area contributed by atoms with E-state index in [-0.39, 0.29) is 11.4 Å². The molecule has 8 heteroatoms. The van der Waals surface area contributed by atoms with Crippen molar-refractivity contribution in [1.82, 2.24) is 0 Å². The fourth-order valence-corrected chi connectivity index (χ4v) is 1.16. The Bertz CT molecular complexity index is 554. The van der Waals surface area contributed by atoms with Gasteiger partial charge in [0.15, 0.2) is 0 Å². The van der Waals surface area contributed by atoms with E-state index in [4.69, 9.17) is 0 Å². The molecular weight excluding hydrogens is 252 g/mol. The molecule has 1 N–H and O–H groups in total. The van der Waals surface area contributed by atoms with Crippen molar-refractivity contribution in [2.45, 2.75) is 13.3 Å². The number of hydrazone groups is 1. The van der Waals surface area contributed by atoms with Crippen LogP contribution in [0.1, 0.15) is 13.3 Å². The van der Waals surface area contributed by atoms with Crippen molar-refractivity contribution < 1.29 is 9.85 Å². The predicted molar refractivity (Wildman–Crippen MR) is 71.3 cm³/mol. The van der Waals surface area contributed by atoms with Gasteiger partial charge in [-0.2, -0.15) is 5.10 Å². The molecule has 0 radical (unpaired) electrons. The zero-order valence-electron chi connectivity index (χ0n) is 10.2. The first kappa shape index (κ1) is 14.3. The van der Waals surface area contributed by atoms with Crippen molar-refractivity contribution in [3.8, 4) is 0 Å². The third-order valence-corrected chi connectivity index (χ3v) is 2.28. The summed E-state index contributed by atoms with van der Waals surface area (Å²) in [6.45, 7) is 5.58. The van der Waals surface area contributed by atoms with Gasteiger partial charge in [0, 0.05) is 12.3 Å². The van der Waals surface area contributed by atoms with Crippen LogP contribution in [0.4, 0.5) is 17.1 Å². The van der Waals surface area contributed by atoms with Crippen LogP contribution in [0, 0.1) is 20.2 Å².